The van der Waals surface area contributed by atoms with E-state index in [2.05, 4.69) is 18.0 Å². The maximum absolute atomic E-state index is 11.7. The number of pyridine rings is 1. The average Bonchev–Trinajstić information content (AvgIpc) is 3.12. The summed E-state index contributed by atoms with van der Waals surface area (Å²) in [6.45, 7) is 3.99. The molecule has 0 aliphatic heterocycles. The minimum Gasteiger partial charge on any atom is -0.292 e. The van der Waals surface area contributed by atoms with E-state index in [-0.39, 0.29) is 5.78 Å². The van der Waals surface area contributed by atoms with Crippen molar-refractivity contribution in [1.29, 1.82) is 0 Å². The molecule has 0 saturated heterocycles. The molecule has 0 aromatic carbocycles. The van der Waals surface area contributed by atoms with Gasteiger partial charge in [-0.15, -0.1) is 11.8 Å². The fraction of sp³-hybridized carbons (Fsp3) is 0.538. The van der Waals surface area contributed by atoms with Gasteiger partial charge >= 0.3 is 0 Å². The molecule has 0 bridgehead atoms. The highest BCUT2D eigenvalue weighted by molar-refractivity contribution is 7.99. The second-order valence-electron chi connectivity index (χ2n) is 4.10. The van der Waals surface area contributed by atoms with E-state index in [9.17, 15) is 4.79 Å². The minimum absolute atomic E-state index is 0.151. The van der Waals surface area contributed by atoms with E-state index in [0.29, 0.717) is 18.0 Å². The highest BCUT2D eigenvalue weighted by Crippen LogP contribution is 2.41. The Balaban J connectivity index is 2.32. The van der Waals surface area contributed by atoms with Gasteiger partial charge in [0.1, 0.15) is 5.69 Å². The monoisotopic (exact) mass is 235 g/mol. The lowest BCUT2D eigenvalue weighted by atomic mass is 10.1. The highest BCUT2D eigenvalue weighted by Gasteiger charge is 2.25. The molecule has 2 nitrogen and oxygen atoms in total. The first kappa shape index (κ1) is 11.6. The van der Waals surface area contributed by atoms with E-state index in [4.69, 9.17) is 0 Å². The highest BCUT2D eigenvalue weighted by atomic mass is 32.2. The zero-order chi connectivity index (χ0) is 11.5. The molecule has 16 heavy (non-hydrogen) atoms. The Morgan fingerprint density at radius 3 is 2.81 bits per heavy atom. The fourth-order valence-corrected chi connectivity index (χ4v) is 2.58. The van der Waals surface area contributed by atoms with Gasteiger partial charge in [0, 0.05) is 17.5 Å². The third-order valence-electron chi connectivity index (χ3n) is 2.81. The Kier molecular flexibility index (Phi) is 3.64. The van der Waals surface area contributed by atoms with E-state index < -0.39 is 0 Å². The maximum atomic E-state index is 11.7. The Hall–Kier alpha value is -0.830. The van der Waals surface area contributed by atoms with E-state index in [0.717, 1.165) is 10.6 Å². The second-order valence-corrected chi connectivity index (χ2v) is 5.41. The van der Waals surface area contributed by atoms with Gasteiger partial charge in [-0.1, -0.05) is 13.8 Å². The van der Waals surface area contributed by atoms with Crippen LogP contribution >= 0.6 is 11.8 Å². The molecule has 1 aromatic rings. The second kappa shape index (κ2) is 5.00. The lowest BCUT2D eigenvalue weighted by Crippen LogP contribution is -2.03. The Bertz CT molecular complexity index is 399. The molecule has 1 fully saturated rings. The van der Waals surface area contributed by atoms with Crippen molar-refractivity contribution >= 4 is 17.5 Å². The van der Waals surface area contributed by atoms with Crippen LogP contribution in [0.15, 0.2) is 17.2 Å². The Morgan fingerprint density at radius 2 is 2.25 bits per heavy atom. The number of carbonyl (C=O) groups is 1. The Morgan fingerprint density at radius 1 is 1.50 bits per heavy atom. The molecule has 1 heterocycles. The first-order valence-corrected chi connectivity index (χ1v) is 6.90. The van der Waals surface area contributed by atoms with E-state index in [1.807, 2.05) is 13.1 Å². The molecular formula is C13H17NOS. The summed E-state index contributed by atoms with van der Waals surface area (Å²) in [6.07, 6.45) is 4.98. The van der Waals surface area contributed by atoms with Gasteiger partial charge < -0.3 is 0 Å². The van der Waals surface area contributed by atoms with Crippen LogP contribution < -0.4 is 0 Å². The third-order valence-corrected chi connectivity index (χ3v) is 3.72. The van der Waals surface area contributed by atoms with E-state index in [1.54, 1.807) is 11.8 Å². The third kappa shape index (κ3) is 2.46. The van der Waals surface area contributed by atoms with Crippen LogP contribution in [0, 0.1) is 0 Å². The molecule has 86 valence electrons. The summed E-state index contributed by atoms with van der Waals surface area (Å²) in [5.41, 5.74) is 1.97. The molecule has 0 N–H and O–H groups in total. The van der Waals surface area contributed by atoms with Gasteiger partial charge in [-0.2, -0.15) is 0 Å². The van der Waals surface area contributed by atoms with Gasteiger partial charge in [-0.3, -0.25) is 9.78 Å². The van der Waals surface area contributed by atoms with Crippen molar-refractivity contribution in [2.45, 2.75) is 43.9 Å². The van der Waals surface area contributed by atoms with Gasteiger partial charge in [0.25, 0.3) is 0 Å². The fourth-order valence-electron chi connectivity index (χ4n) is 1.74. The van der Waals surface area contributed by atoms with Gasteiger partial charge in [-0.25, -0.2) is 0 Å². The lowest BCUT2D eigenvalue weighted by Gasteiger charge is -2.07. The topological polar surface area (TPSA) is 30.0 Å². The molecular weight excluding hydrogens is 218 g/mol. The molecule has 1 aliphatic rings. The number of aromatic nitrogens is 1. The van der Waals surface area contributed by atoms with Crippen molar-refractivity contribution in [3.8, 4) is 0 Å². The molecule has 2 rings (SSSR count). The summed E-state index contributed by atoms with van der Waals surface area (Å²) in [5.74, 6) is 1.84. The van der Waals surface area contributed by atoms with Crippen molar-refractivity contribution in [1.82, 2.24) is 4.98 Å². The largest absolute Gasteiger partial charge is 0.292 e. The summed E-state index contributed by atoms with van der Waals surface area (Å²) in [7, 11) is 0. The zero-order valence-corrected chi connectivity index (χ0v) is 10.6. The molecule has 0 unspecified atom stereocenters. The van der Waals surface area contributed by atoms with Crippen LogP contribution in [0.1, 0.15) is 55.1 Å². The Labute approximate surface area is 101 Å². The van der Waals surface area contributed by atoms with Crippen LogP contribution in [0.3, 0.4) is 0 Å². The minimum atomic E-state index is 0.151. The number of hydrogen-bond acceptors (Lipinski definition) is 3. The number of thioether (sulfide) groups is 1. The van der Waals surface area contributed by atoms with Crippen LogP contribution in [0.5, 0.6) is 0 Å². The number of ketones is 1. The standard InChI is InChI=1S/C13H17NOS/c1-3-11(15)13-12(16-4-2)7-10(8-14-13)9-5-6-9/h7-9H,3-6H2,1-2H3. The van der Waals surface area contributed by atoms with Crippen LogP contribution in [0.4, 0.5) is 0 Å². The van der Waals surface area contributed by atoms with Crippen molar-refractivity contribution in [2.24, 2.45) is 0 Å². The van der Waals surface area contributed by atoms with Gasteiger partial charge in [0.15, 0.2) is 5.78 Å². The van der Waals surface area contributed by atoms with Crippen LogP contribution in [0.25, 0.3) is 0 Å². The van der Waals surface area contributed by atoms with Crippen molar-refractivity contribution in [3.63, 3.8) is 0 Å². The van der Waals surface area contributed by atoms with Crippen molar-refractivity contribution < 1.29 is 4.79 Å². The molecule has 1 aliphatic carbocycles. The summed E-state index contributed by atoms with van der Waals surface area (Å²) < 4.78 is 0. The zero-order valence-electron chi connectivity index (χ0n) is 9.82. The molecule has 0 atom stereocenters. The number of hydrogen-bond donors (Lipinski definition) is 0. The van der Waals surface area contributed by atoms with Crippen LogP contribution in [0.2, 0.25) is 0 Å². The predicted octanol–water partition coefficient (Wildman–Crippen LogP) is 3.66. The summed E-state index contributed by atoms with van der Waals surface area (Å²) in [6, 6.07) is 2.17. The van der Waals surface area contributed by atoms with Gasteiger partial charge in [-0.05, 0) is 36.1 Å². The molecule has 1 aromatic heterocycles. The van der Waals surface area contributed by atoms with Crippen molar-refractivity contribution in [2.75, 3.05) is 5.75 Å². The molecule has 0 spiro atoms. The van der Waals surface area contributed by atoms with Crippen LogP contribution in [-0.4, -0.2) is 16.5 Å². The number of rotatable bonds is 5. The quantitative estimate of drug-likeness (QED) is 0.576. The summed E-state index contributed by atoms with van der Waals surface area (Å²) in [4.78, 5) is 17.2. The molecule has 1 saturated carbocycles. The summed E-state index contributed by atoms with van der Waals surface area (Å²) in [5, 5.41) is 0. The average molecular weight is 235 g/mol. The number of nitrogens with zero attached hydrogens (tertiary/aromatic N) is 1. The van der Waals surface area contributed by atoms with Crippen LogP contribution in [-0.2, 0) is 0 Å². The molecule has 0 radical (unpaired) electrons. The normalized spacial score (nSPS) is 15.1. The van der Waals surface area contributed by atoms with E-state index in [1.165, 1.54) is 18.4 Å². The van der Waals surface area contributed by atoms with E-state index >= 15 is 0 Å². The lowest BCUT2D eigenvalue weighted by molar-refractivity contribution is 0.0980. The maximum Gasteiger partial charge on any atom is 0.182 e. The van der Waals surface area contributed by atoms with Crippen molar-refractivity contribution in [3.05, 3.63) is 23.5 Å². The number of carbonyl (C=O) groups excluding carboxylic acids is 1. The summed E-state index contributed by atoms with van der Waals surface area (Å²) >= 11 is 1.72. The van der Waals surface area contributed by atoms with Gasteiger partial charge in [0.05, 0.1) is 0 Å². The molecule has 3 heteroatoms. The first-order valence-electron chi connectivity index (χ1n) is 5.92. The smallest absolute Gasteiger partial charge is 0.182 e. The molecule has 0 amide bonds. The van der Waals surface area contributed by atoms with Gasteiger partial charge in [0.2, 0.25) is 0 Å². The predicted molar refractivity (Wildman–Crippen MR) is 67.2 cm³/mol. The SMILES string of the molecule is CCSc1cc(C2CC2)cnc1C(=O)CC. The number of Topliss-reactive ketones (excluding diaryl/α,β-unsaturated/α-hetero) is 1. The first-order chi connectivity index (χ1) is 7.76.